The van der Waals surface area contributed by atoms with Crippen LogP contribution in [0.2, 0.25) is 5.15 Å². The molecule has 4 heterocycles. The van der Waals surface area contributed by atoms with Gasteiger partial charge in [-0.15, -0.1) is 0 Å². The molecule has 3 fully saturated rings. The van der Waals surface area contributed by atoms with Crippen LogP contribution in [0.25, 0.3) is 22.2 Å². The molecule has 0 bridgehead atoms. The van der Waals surface area contributed by atoms with Crippen molar-refractivity contribution in [2.45, 2.75) is 94.8 Å². The number of nitrogens with one attached hydrogen (secondary N) is 3. The molecule has 2 aliphatic carbocycles. The Morgan fingerprint density at radius 3 is 2.44 bits per heavy atom. The van der Waals surface area contributed by atoms with Gasteiger partial charge in [0.2, 0.25) is 0 Å². The fourth-order valence-electron chi connectivity index (χ4n) is 6.75. The Morgan fingerprint density at radius 2 is 1.64 bits per heavy atom. The van der Waals surface area contributed by atoms with Crippen molar-refractivity contribution in [2.75, 3.05) is 18.4 Å². The van der Waals surface area contributed by atoms with Crippen LogP contribution in [-0.2, 0) is 0 Å². The molecule has 6 rings (SSSR count). The molecule has 7 heteroatoms. The van der Waals surface area contributed by atoms with E-state index in [4.69, 9.17) is 11.6 Å². The minimum atomic E-state index is 0.444. The Hall–Kier alpha value is -2.15. The molecular formula is C29H39ClN6. The number of nitrogens with zero attached hydrogens (tertiary/aromatic N) is 3. The van der Waals surface area contributed by atoms with Crippen LogP contribution >= 0.6 is 11.6 Å². The maximum absolute atomic E-state index is 6.44. The van der Waals surface area contributed by atoms with E-state index >= 15 is 0 Å². The van der Waals surface area contributed by atoms with Crippen molar-refractivity contribution in [3.8, 4) is 11.1 Å². The van der Waals surface area contributed by atoms with E-state index < -0.39 is 0 Å². The zero-order valence-corrected chi connectivity index (χ0v) is 21.9. The van der Waals surface area contributed by atoms with Crippen molar-refractivity contribution >= 4 is 28.5 Å². The van der Waals surface area contributed by atoms with Crippen molar-refractivity contribution in [3.05, 3.63) is 41.8 Å². The molecule has 0 spiro atoms. The summed E-state index contributed by atoms with van der Waals surface area (Å²) in [5.74, 6) is 0.863. The Labute approximate surface area is 219 Å². The van der Waals surface area contributed by atoms with E-state index in [9.17, 15) is 0 Å². The quantitative estimate of drug-likeness (QED) is 0.338. The highest BCUT2D eigenvalue weighted by Crippen LogP contribution is 2.32. The Kier molecular flexibility index (Phi) is 7.45. The first kappa shape index (κ1) is 24.2. The van der Waals surface area contributed by atoms with Crippen molar-refractivity contribution in [1.82, 2.24) is 25.2 Å². The third-order valence-corrected chi connectivity index (χ3v) is 8.92. The predicted octanol–water partition coefficient (Wildman–Crippen LogP) is 6.39. The van der Waals surface area contributed by atoms with Gasteiger partial charge in [0.15, 0.2) is 0 Å². The zero-order chi connectivity index (χ0) is 24.3. The smallest absolute Gasteiger partial charge is 0.137 e. The first-order valence-electron chi connectivity index (χ1n) is 14.1. The van der Waals surface area contributed by atoms with Gasteiger partial charge in [-0.3, -0.25) is 0 Å². The van der Waals surface area contributed by atoms with Crippen molar-refractivity contribution in [1.29, 1.82) is 0 Å². The molecule has 0 atom stereocenters. The van der Waals surface area contributed by atoms with Gasteiger partial charge in [0.1, 0.15) is 16.6 Å². The Balaban J connectivity index is 1.00. The summed E-state index contributed by atoms with van der Waals surface area (Å²) in [7, 11) is 0. The molecule has 1 aliphatic heterocycles. The molecule has 0 unspecified atom stereocenters. The summed E-state index contributed by atoms with van der Waals surface area (Å²) in [5.41, 5.74) is 3.06. The molecule has 0 amide bonds. The van der Waals surface area contributed by atoms with Gasteiger partial charge in [-0.25, -0.2) is 9.97 Å². The molecule has 3 aromatic heterocycles. The van der Waals surface area contributed by atoms with E-state index in [0.717, 1.165) is 34.0 Å². The first-order valence-corrected chi connectivity index (χ1v) is 14.5. The number of hydrogen-bond acceptors (Lipinski definition) is 5. The number of rotatable bonds is 6. The molecule has 36 heavy (non-hydrogen) atoms. The van der Waals surface area contributed by atoms with Crippen LogP contribution in [0.3, 0.4) is 0 Å². The topological polar surface area (TPSA) is 68.9 Å². The monoisotopic (exact) mass is 506 g/mol. The minimum Gasteiger partial charge on any atom is -0.367 e. The molecule has 0 aromatic carbocycles. The van der Waals surface area contributed by atoms with Crippen molar-refractivity contribution in [2.24, 2.45) is 0 Å². The third-order valence-electron chi connectivity index (χ3n) is 8.73. The van der Waals surface area contributed by atoms with E-state index in [1.807, 2.05) is 18.3 Å². The standard InChI is InChI=1S/C29H39ClN6/c30-27-17-20(26-19-32-29-25(26)7-4-14-31-29)18-28(35-27)34-22-10-8-21(9-11-22)33-23-12-15-36(16-13-23)24-5-2-1-3-6-24/h4,7,14,17-19,21-24,33H,1-3,5-6,8-13,15-16H2,(H,31,32)(H,34,35). The molecule has 192 valence electrons. The number of anilines is 1. The number of H-pyrrole nitrogens is 1. The van der Waals surface area contributed by atoms with E-state index in [0.29, 0.717) is 23.3 Å². The Bertz CT molecular complexity index is 1140. The molecule has 0 radical (unpaired) electrons. The number of aromatic amines is 1. The van der Waals surface area contributed by atoms with Crippen molar-refractivity contribution < 1.29 is 0 Å². The summed E-state index contributed by atoms with van der Waals surface area (Å²) < 4.78 is 0. The van der Waals surface area contributed by atoms with Gasteiger partial charge < -0.3 is 20.5 Å². The molecule has 3 N–H and O–H groups in total. The van der Waals surface area contributed by atoms with E-state index in [1.54, 1.807) is 6.20 Å². The molecular weight excluding hydrogens is 468 g/mol. The number of fused-ring (bicyclic) bond motifs is 1. The largest absolute Gasteiger partial charge is 0.367 e. The van der Waals surface area contributed by atoms with Gasteiger partial charge in [-0.2, -0.15) is 0 Å². The number of piperidine rings is 1. The van der Waals surface area contributed by atoms with Crippen LogP contribution in [0.15, 0.2) is 36.7 Å². The van der Waals surface area contributed by atoms with Crippen LogP contribution in [0.5, 0.6) is 0 Å². The SMILES string of the molecule is Clc1cc(-c2c[nH]c3ncccc23)cc(NC2CCC(NC3CCN(C4CCCCC4)CC3)CC2)n1. The summed E-state index contributed by atoms with van der Waals surface area (Å²) in [5, 5.41) is 9.32. The molecule has 3 aromatic rings. The van der Waals surface area contributed by atoms with Crippen LogP contribution < -0.4 is 10.6 Å². The van der Waals surface area contributed by atoms with E-state index in [1.165, 1.54) is 83.7 Å². The van der Waals surface area contributed by atoms with Crippen LogP contribution in [0.1, 0.15) is 70.6 Å². The minimum absolute atomic E-state index is 0.444. The summed E-state index contributed by atoms with van der Waals surface area (Å²) >= 11 is 6.44. The average Bonchev–Trinajstić information content (AvgIpc) is 3.35. The average molecular weight is 507 g/mol. The summed E-state index contributed by atoms with van der Waals surface area (Å²) in [6, 6.07) is 10.8. The van der Waals surface area contributed by atoms with E-state index in [2.05, 4.69) is 42.6 Å². The normalized spacial score (nSPS) is 24.8. The third kappa shape index (κ3) is 5.56. The van der Waals surface area contributed by atoms with Crippen LogP contribution in [0, 0.1) is 0 Å². The van der Waals surface area contributed by atoms with Crippen LogP contribution in [0.4, 0.5) is 5.82 Å². The van der Waals surface area contributed by atoms with Crippen molar-refractivity contribution in [3.63, 3.8) is 0 Å². The van der Waals surface area contributed by atoms with Gasteiger partial charge in [-0.05, 0) is 94.3 Å². The highest BCUT2D eigenvalue weighted by atomic mass is 35.5. The zero-order valence-electron chi connectivity index (χ0n) is 21.2. The first-order chi connectivity index (χ1) is 17.7. The van der Waals surface area contributed by atoms with E-state index in [-0.39, 0.29) is 0 Å². The lowest BCUT2D eigenvalue weighted by Crippen LogP contribution is -2.50. The van der Waals surface area contributed by atoms with Crippen LogP contribution in [-0.4, -0.2) is 57.1 Å². The molecule has 1 saturated heterocycles. The second-order valence-corrected chi connectivity index (χ2v) is 11.5. The second-order valence-electron chi connectivity index (χ2n) is 11.1. The lowest BCUT2D eigenvalue weighted by molar-refractivity contribution is 0.111. The lowest BCUT2D eigenvalue weighted by Gasteiger charge is -2.41. The van der Waals surface area contributed by atoms with Gasteiger partial charge in [0.05, 0.1) is 0 Å². The lowest BCUT2D eigenvalue weighted by atomic mass is 9.89. The maximum atomic E-state index is 6.44. The predicted molar refractivity (Wildman–Crippen MR) is 149 cm³/mol. The van der Waals surface area contributed by atoms with Gasteiger partial charge in [0, 0.05) is 47.5 Å². The summed E-state index contributed by atoms with van der Waals surface area (Å²) in [6.07, 6.45) is 18.4. The molecule has 3 aliphatic rings. The highest BCUT2D eigenvalue weighted by Gasteiger charge is 2.29. The maximum Gasteiger partial charge on any atom is 0.137 e. The fourth-order valence-corrected chi connectivity index (χ4v) is 6.95. The number of hydrogen-bond donors (Lipinski definition) is 3. The second kappa shape index (κ2) is 11.1. The van der Waals surface area contributed by atoms with Gasteiger partial charge >= 0.3 is 0 Å². The molecule has 2 saturated carbocycles. The summed E-state index contributed by atoms with van der Waals surface area (Å²) in [4.78, 5) is 15.0. The van der Waals surface area contributed by atoms with Gasteiger partial charge in [0.25, 0.3) is 0 Å². The number of aromatic nitrogens is 3. The Morgan fingerprint density at radius 1 is 0.889 bits per heavy atom. The number of pyridine rings is 2. The molecule has 6 nitrogen and oxygen atoms in total. The van der Waals surface area contributed by atoms with Gasteiger partial charge in [-0.1, -0.05) is 30.9 Å². The number of halogens is 1. The number of likely N-dealkylation sites (tertiary alicyclic amines) is 1. The highest BCUT2D eigenvalue weighted by molar-refractivity contribution is 6.29. The fraction of sp³-hybridized carbons (Fsp3) is 0.586. The summed E-state index contributed by atoms with van der Waals surface area (Å²) in [6.45, 7) is 2.57.